The van der Waals surface area contributed by atoms with E-state index in [9.17, 15) is 0 Å². The summed E-state index contributed by atoms with van der Waals surface area (Å²) in [7, 11) is 1.74. The van der Waals surface area contributed by atoms with Crippen LogP contribution in [0.1, 0.15) is 13.3 Å². The average Bonchev–Trinajstić information content (AvgIpc) is 1.83. The van der Waals surface area contributed by atoms with Crippen LogP contribution >= 0.6 is 0 Å². The molecule has 0 fully saturated rings. The number of nitrogens with zero attached hydrogens (tertiary/aromatic N) is 2. The van der Waals surface area contributed by atoms with Crippen LogP contribution in [0.5, 0.6) is 0 Å². The fraction of sp³-hybridized carbons (Fsp3) is 1.00. The molecule has 50 valence electrons. The summed E-state index contributed by atoms with van der Waals surface area (Å²) in [5, 5.41) is 7.77. The van der Waals surface area contributed by atoms with Gasteiger partial charge in [-0.2, -0.15) is 0 Å². The third-order valence-electron chi connectivity index (χ3n) is 0.830. The van der Waals surface area contributed by atoms with Gasteiger partial charge in [0.15, 0.2) is 0 Å². The number of halogens is 1. The second kappa shape index (κ2) is 5.47. The molecule has 0 saturated heterocycles. The van der Waals surface area contributed by atoms with E-state index >= 15 is 0 Å². The molecule has 0 aromatic heterocycles. The molecule has 0 amide bonds. The Morgan fingerprint density at radius 1 is 1.62 bits per heavy atom. The fourth-order valence-corrected chi connectivity index (χ4v) is 1.78. The molecule has 1 atom stereocenters. The van der Waals surface area contributed by atoms with E-state index in [1.54, 1.807) is 7.05 Å². The quantitative estimate of drug-likeness (QED) is 0.243. The molecule has 0 aromatic carbocycles. The monoisotopic (exact) mass is 227 g/mol. The summed E-state index contributed by atoms with van der Waals surface area (Å²) in [6.07, 6.45) is 1.15. The maximum absolute atomic E-state index is 4.04. The topological polar surface area (TPSA) is 24.7 Å². The molecular formula is C5H12IN2-. The second-order valence-corrected chi connectivity index (χ2v) is 4.06. The van der Waals surface area contributed by atoms with E-state index in [-0.39, 0.29) is 21.2 Å². The van der Waals surface area contributed by atoms with Gasteiger partial charge < -0.3 is 0 Å². The van der Waals surface area contributed by atoms with E-state index < -0.39 is 0 Å². The Labute approximate surface area is 61.0 Å². The van der Waals surface area contributed by atoms with E-state index in [2.05, 4.69) is 22.1 Å². The molecule has 0 bridgehead atoms. The van der Waals surface area contributed by atoms with Crippen molar-refractivity contribution >= 4 is 0 Å². The van der Waals surface area contributed by atoms with Crippen LogP contribution in [-0.4, -0.2) is 16.0 Å². The van der Waals surface area contributed by atoms with Gasteiger partial charge in [-0.1, -0.05) is 0 Å². The van der Waals surface area contributed by atoms with Gasteiger partial charge in [0.25, 0.3) is 0 Å². The first kappa shape index (κ1) is 8.33. The molecule has 0 aliphatic heterocycles. The van der Waals surface area contributed by atoms with Gasteiger partial charge in [-0.25, -0.2) is 0 Å². The van der Waals surface area contributed by atoms with E-state index in [0.717, 1.165) is 6.42 Å². The van der Waals surface area contributed by atoms with E-state index in [1.807, 2.05) is 0 Å². The molecule has 0 spiro atoms. The van der Waals surface area contributed by atoms with Crippen LogP contribution in [0.3, 0.4) is 0 Å². The third kappa shape index (κ3) is 3.35. The van der Waals surface area contributed by atoms with Crippen LogP contribution in [0.4, 0.5) is 0 Å². The molecule has 0 aromatic rings. The summed E-state index contributed by atoms with van der Waals surface area (Å²) in [4.78, 5) is 2.24. The summed E-state index contributed by atoms with van der Waals surface area (Å²) in [5.74, 6) is 0. The standard InChI is InChI=1S/C5H12IN2/c1-4-5(6-2)8-7-3/h5H,4H2,1-3H3/q-1. The summed E-state index contributed by atoms with van der Waals surface area (Å²) < 4.78 is 0.568. The van der Waals surface area contributed by atoms with Crippen molar-refractivity contribution < 1.29 is 21.2 Å². The van der Waals surface area contributed by atoms with Gasteiger partial charge in [-0.15, -0.1) is 0 Å². The molecule has 2 nitrogen and oxygen atoms in total. The number of hydrogen-bond donors (Lipinski definition) is 0. The Bertz CT molecular complexity index is 68.8. The first-order valence-corrected chi connectivity index (χ1v) is 6.02. The molecule has 0 heterocycles. The molecule has 0 aliphatic rings. The molecule has 0 rings (SSSR count). The zero-order chi connectivity index (χ0) is 6.41. The first-order valence-electron chi connectivity index (χ1n) is 2.62. The molecule has 1 unspecified atom stereocenters. The molecule has 8 heavy (non-hydrogen) atoms. The van der Waals surface area contributed by atoms with E-state index in [0.29, 0.717) is 4.05 Å². The number of hydrogen-bond acceptors (Lipinski definition) is 2. The number of alkyl halides is 2. The van der Waals surface area contributed by atoms with Crippen LogP contribution in [0.25, 0.3) is 0 Å². The molecular weight excluding hydrogens is 215 g/mol. The van der Waals surface area contributed by atoms with Gasteiger partial charge in [0.05, 0.1) is 0 Å². The second-order valence-electron chi connectivity index (χ2n) is 1.38. The summed E-state index contributed by atoms with van der Waals surface area (Å²) in [6, 6.07) is 0. The Kier molecular flexibility index (Phi) is 5.69. The van der Waals surface area contributed by atoms with Crippen LogP contribution in [0.2, 0.25) is 0 Å². The van der Waals surface area contributed by atoms with Crippen molar-refractivity contribution in [2.45, 2.75) is 17.4 Å². The minimum absolute atomic E-state index is 0.275. The third-order valence-corrected chi connectivity index (χ3v) is 3.40. The van der Waals surface area contributed by atoms with Gasteiger partial charge in [-0.05, 0) is 0 Å². The molecule has 0 saturated carbocycles. The van der Waals surface area contributed by atoms with Crippen molar-refractivity contribution in [2.75, 3.05) is 12.0 Å². The first-order chi connectivity index (χ1) is 3.85. The Hall–Kier alpha value is 0.330. The average molecular weight is 227 g/mol. The molecule has 0 aliphatic carbocycles. The Morgan fingerprint density at radius 3 is 2.38 bits per heavy atom. The van der Waals surface area contributed by atoms with Crippen LogP contribution in [0.15, 0.2) is 10.2 Å². The van der Waals surface area contributed by atoms with Crippen molar-refractivity contribution in [3.8, 4) is 0 Å². The van der Waals surface area contributed by atoms with Crippen LogP contribution in [0, 0.1) is 0 Å². The zero-order valence-corrected chi connectivity index (χ0v) is 7.71. The minimum atomic E-state index is 0.275. The number of rotatable bonds is 3. The SMILES string of the molecule is CCC(N=NC)[I-]C. The number of azo groups is 1. The van der Waals surface area contributed by atoms with Gasteiger partial charge >= 0.3 is 60.8 Å². The van der Waals surface area contributed by atoms with Gasteiger partial charge in [0, 0.05) is 0 Å². The van der Waals surface area contributed by atoms with Crippen LogP contribution < -0.4 is 21.2 Å². The van der Waals surface area contributed by atoms with Gasteiger partial charge in [-0.3, -0.25) is 0 Å². The summed E-state index contributed by atoms with van der Waals surface area (Å²) >= 11 is 0.275. The fourth-order valence-electron chi connectivity index (χ4n) is 0.405. The predicted octanol–water partition coefficient (Wildman–Crippen LogP) is -1.48. The van der Waals surface area contributed by atoms with Gasteiger partial charge in [0.2, 0.25) is 0 Å². The van der Waals surface area contributed by atoms with Crippen molar-refractivity contribution in [2.24, 2.45) is 10.2 Å². The van der Waals surface area contributed by atoms with Crippen molar-refractivity contribution in [3.63, 3.8) is 0 Å². The normalized spacial score (nSPS) is 15.4. The summed E-state index contributed by atoms with van der Waals surface area (Å²) in [5.41, 5.74) is 0. The van der Waals surface area contributed by atoms with Gasteiger partial charge in [0.1, 0.15) is 0 Å². The van der Waals surface area contributed by atoms with E-state index in [1.165, 1.54) is 0 Å². The van der Waals surface area contributed by atoms with Crippen LogP contribution in [-0.2, 0) is 0 Å². The molecule has 0 radical (unpaired) electrons. The maximum atomic E-state index is 4.04. The molecule has 3 heteroatoms. The van der Waals surface area contributed by atoms with Crippen molar-refractivity contribution in [1.82, 2.24) is 0 Å². The van der Waals surface area contributed by atoms with Crippen molar-refractivity contribution in [1.29, 1.82) is 0 Å². The van der Waals surface area contributed by atoms with E-state index in [4.69, 9.17) is 0 Å². The van der Waals surface area contributed by atoms with Crippen molar-refractivity contribution in [3.05, 3.63) is 0 Å². The summed E-state index contributed by atoms with van der Waals surface area (Å²) in [6.45, 7) is 2.16. The zero-order valence-electron chi connectivity index (χ0n) is 5.56. The Balaban J connectivity index is 3.36. The molecule has 0 N–H and O–H groups in total. The predicted molar refractivity (Wildman–Crippen MR) is 30.8 cm³/mol. The Morgan fingerprint density at radius 2 is 2.25 bits per heavy atom.